The van der Waals surface area contributed by atoms with E-state index in [1.807, 2.05) is 0 Å². The summed E-state index contributed by atoms with van der Waals surface area (Å²) in [5, 5.41) is 9.84. The van der Waals surface area contributed by atoms with E-state index in [-0.39, 0.29) is 17.1 Å². The Morgan fingerprint density at radius 3 is 2.42 bits per heavy atom. The average Bonchev–Trinajstić information content (AvgIpc) is 2.59. The summed E-state index contributed by atoms with van der Waals surface area (Å²) >= 11 is 0. The minimum Gasteiger partial charge on any atom is -0.382 e. The van der Waals surface area contributed by atoms with Crippen molar-refractivity contribution in [1.82, 2.24) is 0 Å². The van der Waals surface area contributed by atoms with Crippen molar-refractivity contribution in [2.45, 2.75) is 39.2 Å². The molecule has 2 heteroatoms. The van der Waals surface area contributed by atoms with Crippen LogP contribution in [0.15, 0.2) is 0 Å². The SMILES string of the molecule is CC(C)[C@]12CC(=O)[C@@](C)(O)[C@H]1C2. The van der Waals surface area contributed by atoms with Crippen LogP contribution >= 0.6 is 0 Å². The molecule has 0 aromatic rings. The summed E-state index contributed by atoms with van der Waals surface area (Å²) in [5.41, 5.74) is -0.842. The first-order chi connectivity index (χ1) is 5.41. The Balaban J connectivity index is 2.28. The molecule has 0 aliphatic heterocycles. The lowest BCUT2D eigenvalue weighted by molar-refractivity contribution is -0.134. The van der Waals surface area contributed by atoms with E-state index in [2.05, 4.69) is 13.8 Å². The molecule has 0 unspecified atom stereocenters. The van der Waals surface area contributed by atoms with Gasteiger partial charge in [0.2, 0.25) is 0 Å². The maximum Gasteiger partial charge on any atom is 0.164 e. The Kier molecular flexibility index (Phi) is 1.32. The van der Waals surface area contributed by atoms with E-state index in [1.165, 1.54) is 0 Å². The minimum absolute atomic E-state index is 0.0486. The molecule has 2 aliphatic carbocycles. The fraction of sp³-hybridized carbons (Fsp3) is 0.900. The molecule has 3 atom stereocenters. The van der Waals surface area contributed by atoms with Crippen molar-refractivity contribution in [3.8, 4) is 0 Å². The van der Waals surface area contributed by atoms with Gasteiger partial charge in [0.15, 0.2) is 5.78 Å². The lowest BCUT2D eigenvalue weighted by Crippen LogP contribution is -2.33. The van der Waals surface area contributed by atoms with Gasteiger partial charge in [-0.2, -0.15) is 0 Å². The van der Waals surface area contributed by atoms with E-state index in [0.29, 0.717) is 12.3 Å². The molecule has 0 spiro atoms. The molecule has 0 saturated heterocycles. The second-order valence-corrected chi connectivity index (χ2v) is 4.89. The Morgan fingerprint density at radius 2 is 2.17 bits per heavy atom. The third-order valence-corrected chi connectivity index (χ3v) is 4.00. The van der Waals surface area contributed by atoms with Crippen molar-refractivity contribution in [2.75, 3.05) is 0 Å². The number of fused-ring (bicyclic) bond motifs is 1. The van der Waals surface area contributed by atoms with Gasteiger partial charge in [-0.15, -0.1) is 0 Å². The molecule has 0 aromatic carbocycles. The number of rotatable bonds is 1. The van der Waals surface area contributed by atoms with Gasteiger partial charge in [-0.05, 0) is 24.7 Å². The Hall–Kier alpha value is -0.370. The van der Waals surface area contributed by atoms with Crippen LogP contribution in [0.5, 0.6) is 0 Å². The number of aliphatic hydroxyl groups is 1. The fourth-order valence-corrected chi connectivity index (χ4v) is 2.79. The second kappa shape index (κ2) is 1.92. The smallest absolute Gasteiger partial charge is 0.164 e. The molecular formula is C10H16O2. The van der Waals surface area contributed by atoms with Gasteiger partial charge in [-0.25, -0.2) is 0 Å². The minimum atomic E-state index is -1.01. The summed E-state index contributed by atoms with van der Waals surface area (Å²) in [6.07, 6.45) is 1.64. The van der Waals surface area contributed by atoms with Crippen molar-refractivity contribution in [3.63, 3.8) is 0 Å². The number of hydrogen-bond acceptors (Lipinski definition) is 2. The molecule has 0 heterocycles. The first-order valence-corrected chi connectivity index (χ1v) is 4.67. The second-order valence-electron chi connectivity index (χ2n) is 4.89. The fourth-order valence-electron chi connectivity index (χ4n) is 2.79. The van der Waals surface area contributed by atoms with Gasteiger partial charge in [0.25, 0.3) is 0 Å². The predicted octanol–water partition coefficient (Wildman–Crippen LogP) is 1.37. The molecule has 0 radical (unpaired) electrons. The zero-order valence-electron chi connectivity index (χ0n) is 7.92. The maximum absolute atomic E-state index is 11.4. The van der Waals surface area contributed by atoms with Gasteiger partial charge in [-0.1, -0.05) is 13.8 Å². The first kappa shape index (κ1) is 8.24. The molecule has 2 aliphatic rings. The standard InChI is InChI=1S/C10H16O2/c1-6(2)10-4-7(10)9(3,12)8(11)5-10/h6-7,12H,4-5H2,1-3H3/t7-,9+,10+/m1/s1. The Morgan fingerprint density at radius 1 is 1.58 bits per heavy atom. The van der Waals surface area contributed by atoms with Crippen molar-refractivity contribution >= 4 is 5.78 Å². The summed E-state index contributed by atoms with van der Waals surface area (Å²) in [5.74, 6) is 0.824. The van der Waals surface area contributed by atoms with Crippen molar-refractivity contribution in [1.29, 1.82) is 0 Å². The average molecular weight is 168 g/mol. The molecule has 12 heavy (non-hydrogen) atoms. The van der Waals surface area contributed by atoms with Crippen LogP contribution in [0.3, 0.4) is 0 Å². The molecule has 0 aromatic heterocycles. The topological polar surface area (TPSA) is 37.3 Å². The first-order valence-electron chi connectivity index (χ1n) is 4.67. The molecule has 2 saturated carbocycles. The van der Waals surface area contributed by atoms with E-state index in [0.717, 1.165) is 6.42 Å². The number of Topliss-reactive ketones (excluding diaryl/α,β-unsaturated/α-hetero) is 1. The highest BCUT2D eigenvalue weighted by Gasteiger charge is 2.71. The zero-order chi connectivity index (χ0) is 9.15. The molecule has 2 nitrogen and oxygen atoms in total. The molecule has 1 N–H and O–H groups in total. The number of hydrogen-bond donors (Lipinski definition) is 1. The highest BCUT2D eigenvalue weighted by Crippen LogP contribution is 2.69. The van der Waals surface area contributed by atoms with E-state index >= 15 is 0 Å². The van der Waals surface area contributed by atoms with Crippen LogP contribution in [0, 0.1) is 17.3 Å². The summed E-state index contributed by atoms with van der Waals surface area (Å²) in [4.78, 5) is 11.4. The van der Waals surface area contributed by atoms with Crippen LogP contribution in [-0.2, 0) is 4.79 Å². The van der Waals surface area contributed by atoms with Gasteiger partial charge >= 0.3 is 0 Å². The highest BCUT2D eigenvalue weighted by atomic mass is 16.3. The van der Waals surface area contributed by atoms with Crippen LogP contribution in [-0.4, -0.2) is 16.5 Å². The molecule has 68 valence electrons. The number of carbonyl (C=O) groups is 1. The van der Waals surface area contributed by atoms with Crippen LogP contribution < -0.4 is 0 Å². The lowest BCUT2D eigenvalue weighted by atomic mass is 9.90. The number of ketones is 1. The monoisotopic (exact) mass is 168 g/mol. The van der Waals surface area contributed by atoms with Gasteiger partial charge < -0.3 is 5.11 Å². The normalized spacial score (nSPS) is 51.4. The summed E-state index contributed by atoms with van der Waals surface area (Å²) < 4.78 is 0. The van der Waals surface area contributed by atoms with Gasteiger partial charge in [0.05, 0.1) is 0 Å². The van der Waals surface area contributed by atoms with E-state index in [1.54, 1.807) is 6.92 Å². The van der Waals surface area contributed by atoms with Gasteiger partial charge in [-0.3, -0.25) is 4.79 Å². The van der Waals surface area contributed by atoms with Crippen LogP contribution in [0.4, 0.5) is 0 Å². The molecule has 0 amide bonds. The lowest BCUT2D eigenvalue weighted by Gasteiger charge is -2.15. The van der Waals surface area contributed by atoms with E-state index in [9.17, 15) is 9.90 Å². The summed E-state index contributed by atoms with van der Waals surface area (Å²) in [6, 6.07) is 0. The van der Waals surface area contributed by atoms with Crippen LogP contribution in [0.25, 0.3) is 0 Å². The largest absolute Gasteiger partial charge is 0.382 e. The Labute approximate surface area is 73.0 Å². The predicted molar refractivity (Wildman–Crippen MR) is 45.6 cm³/mol. The summed E-state index contributed by atoms with van der Waals surface area (Å²) in [7, 11) is 0. The third kappa shape index (κ3) is 0.717. The van der Waals surface area contributed by atoms with Crippen molar-refractivity contribution in [3.05, 3.63) is 0 Å². The molecule has 2 fully saturated rings. The van der Waals surface area contributed by atoms with Crippen LogP contribution in [0.2, 0.25) is 0 Å². The van der Waals surface area contributed by atoms with Crippen molar-refractivity contribution < 1.29 is 9.90 Å². The maximum atomic E-state index is 11.4. The number of carbonyl (C=O) groups excluding carboxylic acids is 1. The van der Waals surface area contributed by atoms with Crippen LogP contribution in [0.1, 0.15) is 33.6 Å². The van der Waals surface area contributed by atoms with Gasteiger partial charge in [0.1, 0.15) is 5.60 Å². The highest BCUT2D eigenvalue weighted by molar-refractivity contribution is 5.92. The summed E-state index contributed by atoms with van der Waals surface area (Å²) in [6.45, 7) is 5.97. The quantitative estimate of drug-likeness (QED) is 0.642. The molecule has 0 bridgehead atoms. The molecular weight excluding hydrogens is 152 g/mol. The zero-order valence-corrected chi connectivity index (χ0v) is 7.92. The van der Waals surface area contributed by atoms with Crippen molar-refractivity contribution in [2.24, 2.45) is 17.3 Å². The van der Waals surface area contributed by atoms with Gasteiger partial charge in [0, 0.05) is 12.3 Å². The third-order valence-electron chi connectivity index (χ3n) is 4.00. The molecule has 2 rings (SSSR count). The van der Waals surface area contributed by atoms with E-state index < -0.39 is 5.60 Å². The Bertz CT molecular complexity index is 242. The van der Waals surface area contributed by atoms with E-state index in [4.69, 9.17) is 0 Å².